The lowest BCUT2D eigenvalue weighted by molar-refractivity contribution is 0.0769. The Bertz CT molecular complexity index is 373. The Morgan fingerprint density at radius 1 is 1.00 bits per heavy atom. The van der Waals surface area contributed by atoms with Crippen LogP contribution in [0.3, 0.4) is 0 Å². The molecule has 1 rings (SSSR count). The van der Waals surface area contributed by atoms with Gasteiger partial charge in [-0.15, -0.1) is 0 Å². The van der Waals surface area contributed by atoms with E-state index in [9.17, 15) is 5.11 Å². The number of aliphatic hydroxyl groups is 1. The molecule has 0 bridgehead atoms. The van der Waals surface area contributed by atoms with E-state index >= 15 is 0 Å². The summed E-state index contributed by atoms with van der Waals surface area (Å²) in [6, 6.07) is 8.30. The first kappa shape index (κ1) is 18.1. The Kier molecular flexibility index (Phi) is 8.58. The zero-order chi connectivity index (χ0) is 15.7. The largest absolute Gasteiger partial charge is 0.388 e. The normalized spacial score (nSPS) is 13.1. The first-order valence-corrected chi connectivity index (χ1v) is 8.11. The lowest BCUT2D eigenvalue weighted by atomic mass is 9.99. The van der Waals surface area contributed by atoms with E-state index in [1.54, 1.807) is 0 Å². The number of aliphatic hydroxyl groups excluding tert-OH is 1. The zero-order valence-corrected chi connectivity index (χ0v) is 13.9. The second kappa shape index (κ2) is 9.93. The Hall–Kier alpha value is -0.900. The van der Waals surface area contributed by atoms with E-state index in [1.807, 2.05) is 26.0 Å². The van der Waals surface area contributed by atoms with Crippen molar-refractivity contribution in [2.24, 2.45) is 0 Å². The smallest absolute Gasteiger partial charge is 0.0802 e. The molecular formula is C18H31NO2. The molecule has 3 heteroatoms. The van der Waals surface area contributed by atoms with Gasteiger partial charge in [0.25, 0.3) is 0 Å². The quantitative estimate of drug-likeness (QED) is 0.647. The fourth-order valence-corrected chi connectivity index (χ4v) is 2.15. The lowest BCUT2D eigenvalue weighted by Crippen LogP contribution is -2.20. The van der Waals surface area contributed by atoms with Crippen molar-refractivity contribution in [3.63, 3.8) is 0 Å². The molecule has 2 N–H and O–H groups in total. The van der Waals surface area contributed by atoms with Crippen LogP contribution in [0.5, 0.6) is 0 Å². The minimum atomic E-state index is -0.384. The van der Waals surface area contributed by atoms with Gasteiger partial charge in [-0.25, -0.2) is 0 Å². The number of hydrogen-bond acceptors (Lipinski definition) is 3. The molecule has 0 saturated carbocycles. The summed E-state index contributed by atoms with van der Waals surface area (Å²) in [4.78, 5) is 0. The number of ether oxygens (including phenoxy) is 1. The maximum atomic E-state index is 10.2. The summed E-state index contributed by atoms with van der Waals surface area (Å²) >= 11 is 0. The van der Waals surface area contributed by atoms with Crippen LogP contribution in [-0.2, 0) is 4.74 Å². The van der Waals surface area contributed by atoms with Crippen LogP contribution in [0, 0.1) is 0 Å². The van der Waals surface area contributed by atoms with Crippen LogP contribution < -0.4 is 5.32 Å². The standard InChI is InChI=1S/C18H31NO2/c1-14(2)16-6-8-17(9-7-16)18(20)10-12-19-11-5-13-21-15(3)4/h6-9,14-15,18-20H,5,10-13H2,1-4H3. The SMILES string of the molecule is CC(C)OCCCNCCC(O)c1ccc(C(C)C)cc1. The topological polar surface area (TPSA) is 41.5 Å². The summed E-state index contributed by atoms with van der Waals surface area (Å²) in [5.74, 6) is 0.533. The highest BCUT2D eigenvalue weighted by atomic mass is 16.5. The molecule has 3 nitrogen and oxygen atoms in total. The summed E-state index contributed by atoms with van der Waals surface area (Å²) in [6.07, 6.45) is 1.68. The number of benzene rings is 1. The molecule has 0 aliphatic carbocycles. The molecule has 0 radical (unpaired) electrons. The highest BCUT2D eigenvalue weighted by Gasteiger charge is 2.07. The van der Waals surface area contributed by atoms with Crippen LogP contribution in [0.4, 0.5) is 0 Å². The monoisotopic (exact) mass is 293 g/mol. The van der Waals surface area contributed by atoms with Gasteiger partial charge in [0.15, 0.2) is 0 Å². The van der Waals surface area contributed by atoms with Crippen molar-refractivity contribution >= 4 is 0 Å². The van der Waals surface area contributed by atoms with E-state index in [-0.39, 0.29) is 6.10 Å². The van der Waals surface area contributed by atoms with Gasteiger partial charge >= 0.3 is 0 Å². The Labute approximate surface area is 129 Å². The minimum absolute atomic E-state index is 0.306. The summed E-state index contributed by atoms with van der Waals surface area (Å²) in [5.41, 5.74) is 2.32. The van der Waals surface area contributed by atoms with Crippen molar-refractivity contribution < 1.29 is 9.84 Å². The Balaban J connectivity index is 2.17. The molecule has 0 saturated heterocycles. The number of nitrogens with one attached hydrogen (secondary N) is 1. The van der Waals surface area contributed by atoms with Gasteiger partial charge in [0.2, 0.25) is 0 Å². The van der Waals surface area contributed by atoms with Crippen molar-refractivity contribution in [2.45, 2.75) is 58.7 Å². The van der Waals surface area contributed by atoms with Crippen LogP contribution in [0.2, 0.25) is 0 Å². The molecule has 1 aromatic rings. The van der Waals surface area contributed by atoms with Gasteiger partial charge in [-0.3, -0.25) is 0 Å². The second-order valence-electron chi connectivity index (χ2n) is 6.15. The van der Waals surface area contributed by atoms with Gasteiger partial charge in [-0.05, 0) is 56.8 Å². The van der Waals surface area contributed by atoms with Gasteiger partial charge in [-0.1, -0.05) is 38.1 Å². The summed E-state index contributed by atoms with van der Waals surface area (Å²) in [7, 11) is 0. The first-order valence-electron chi connectivity index (χ1n) is 8.11. The minimum Gasteiger partial charge on any atom is -0.388 e. The average molecular weight is 293 g/mol. The summed E-state index contributed by atoms with van der Waals surface area (Å²) in [6.45, 7) is 11.0. The van der Waals surface area contributed by atoms with Crippen molar-refractivity contribution in [1.82, 2.24) is 5.32 Å². The van der Waals surface area contributed by atoms with E-state index in [1.165, 1.54) is 5.56 Å². The van der Waals surface area contributed by atoms with E-state index in [0.29, 0.717) is 12.0 Å². The van der Waals surface area contributed by atoms with Crippen molar-refractivity contribution in [3.05, 3.63) is 35.4 Å². The summed E-state index contributed by atoms with van der Waals surface area (Å²) in [5, 5.41) is 13.5. The molecule has 1 unspecified atom stereocenters. The Morgan fingerprint density at radius 3 is 2.19 bits per heavy atom. The van der Waals surface area contributed by atoms with Crippen molar-refractivity contribution in [1.29, 1.82) is 0 Å². The highest BCUT2D eigenvalue weighted by molar-refractivity contribution is 5.26. The third kappa shape index (κ3) is 7.60. The molecular weight excluding hydrogens is 262 g/mol. The van der Waals surface area contributed by atoms with Gasteiger partial charge in [0.05, 0.1) is 12.2 Å². The van der Waals surface area contributed by atoms with E-state index in [2.05, 4.69) is 31.3 Å². The highest BCUT2D eigenvalue weighted by Crippen LogP contribution is 2.20. The fourth-order valence-electron chi connectivity index (χ4n) is 2.15. The van der Waals surface area contributed by atoms with E-state index < -0.39 is 0 Å². The molecule has 0 heterocycles. The van der Waals surface area contributed by atoms with Crippen molar-refractivity contribution in [2.75, 3.05) is 19.7 Å². The average Bonchev–Trinajstić information content (AvgIpc) is 2.45. The van der Waals surface area contributed by atoms with E-state index in [0.717, 1.165) is 38.1 Å². The molecule has 0 aliphatic heterocycles. The lowest BCUT2D eigenvalue weighted by Gasteiger charge is -2.13. The number of rotatable bonds is 10. The van der Waals surface area contributed by atoms with Gasteiger partial charge in [-0.2, -0.15) is 0 Å². The molecule has 0 aliphatic rings. The molecule has 0 fully saturated rings. The molecule has 0 aromatic heterocycles. The molecule has 21 heavy (non-hydrogen) atoms. The van der Waals surface area contributed by atoms with Crippen LogP contribution in [-0.4, -0.2) is 30.9 Å². The van der Waals surface area contributed by atoms with Gasteiger partial charge < -0.3 is 15.2 Å². The predicted octanol–water partition coefficient (Wildman–Crippen LogP) is 3.64. The zero-order valence-electron chi connectivity index (χ0n) is 13.9. The Morgan fingerprint density at radius 2 is 1.62 bits per heavy atom. The molecule has 120 valence electrons. The predicted molar refractivity (Wildman–Crippen MR) is 88.7 cm³/mol. The first-order chi connectivity index (χ1) is 10.0. The third-order valence-corrected chi connectivity index (χ3v) is 3.53. The molecule has 1 aromatic carbocycles. The van der Waals surface area contributed by atoms with Crippen LogP contribution in [0.25, 0.3) is 0 Å². The number of hydrogen-bond donors (Lipinski definition) is 2. The van der Waals surface area contributed by atoms with Gasteiger partial charge in [0.1, 0.15) is 0 Å². The van der Waals surface area contributed by atoms with Crippen molar-refractivity contribution in [3.8, 4) is 0 Å². The van der Waals surface area contributed by atoms with Crippen LogP contribution >= 0.6 is 0 Å². The fraction of sp³-hybridized carbons (Fsp3) is 0.667. The molecule has 0 spiro atoms. The molecule has 0 amide bonds. The molecule has 1 atom stereocenters. The third-order valence-electron chi connectivity index (χ3n) is 3.53. The summed E-state index contributed by atoms with van der Waals surface area (Å²) < 4.78 is 5.48. The second-order valence-corrected chi connectivity index (χ2v) is 6.15. The van der Waals surface area contributed by atoms with E-state index in [4.69, 9.17) is 4.74 Å². The van der Waals surface area contributed by atoms with Crippen LogP contribution in [0.1, 0.15) is 63.7 Å². The van der Waals surface area contributed by atoms with Gasteiger partial charge in [0, 0.05) is 6.61 Å². The maximum Gasteiger partial charge on any atom is 0.0802 e. The van der Waals surface area contributed by atoms with Crippen LogP contribution in [0.15, 0.2) is 24.3 Å². The maximum absolute atomic E-state index is 10.2.